The third-order valence-corrected chi connectivity index (χ3v) is 3.85. The van der Waals surface area contributed by atoms with E-state index in [0.717, 1.165) is 17.7 Å². The first-order valence-corrected chi connectivity index (χ1v) is 8.33. The van der Waals surface area contributed by atoms with E-state index < -0.39 is 5.82 Å². The predicted molar refractivity (Wildman–Crippen MR) is 100 cm³/mol. The van der Waals surface area contributed by atoms with Crippen LogP contribution < -0.4 is 10.6 Å². The van der Waals surface area contributed by atoms with Crippen LogP contribution in [-0.2, 0) is 6.42 Å². The molecular formula is C20H19FN4O. The van der Waals surface area contributed by atoms with Crippen molar-refractivity contribution in [2.75, 3.05) is 10.6 Å². The lowest BCUT2D eigenvalue weighted by atomic mass is 10.1. The molecule has 1 aromatic heterocycles. The third kappa shape index (κ3) is 4.03. The van der Waals surface area contributed by atoms with Crippen molar-refractivity contribution >= 4 is 23.2 Å². The van der Waals surface area contributed by atoms with Crippen molar-refractivity contribution in [2.45, 2.75) is 20.3 Å². The average Bonchev–Trinajstić information content (AvgIpc) is 2.63. The molecule has 132 valence electrons. The summed E-state index contributed by atoms with van der Waals surface area (Å²) in [5.74, 6) is -0.586. The summed E-state index contributed by atoms with van der Waals surface area (Å²) in [5, 5.41) is 5.69. The first kappa shape index (κ1) is 17.5. The minimum Gasteiger partial charge on any atom is -0.322 e. The fraction of sp³-hybridized carbons (Fsp3) is 0.150. The summed E-state index contributed by atoms with van der Waals surface area (Å²) in [5.41, 5.74) is 2.85. The van der Waals surface area contributed by atoms with Crippen molar-refractivity contribution in [3.8, 4) is 0 Å². The van der Waals surface area contributed by atoms with E-state index >= 15 is 0 Å². The molecule has 0 aliphatic rings. The molecule has 0 saturated heterocycles. The third-order valence-electron chi connectivity index (χ3n) is 3.85. The molecule has 0 bridgehead atoms. The summed E-state index contributed by atoms with van der Waals surface area (Å²) in [4.78, 5) is 21.0. The summed E-state index contributed by atoms with van der Waals surface area (Å²) in [6.07, 6.45) is 0.805. The van der Waals surface area contributed by atoms with Crippen molar-refractivity contribution in [3.63, 3.8) is 0 Å². The number of rotatable bonds is 5. The van der Waals surface area contributed by atoms with Crippen LogP contribution in [0.15, 0.2) is 54.6 Å². The molecule has 0 saturated carbocycles. The summed E-state index contributed by atoms with van der Waals surface area (Å²) in [7, 11) is 0. The van der Waals surface area contributed by atoms with Crippen molar-refractivity contribution in [2.24, 2.45) is 0 Å². The van der Waals surface area contributed by atoms with E-state index in [1.807, 2.05) is 31.2 Å². The van der Waals surface area contributed by atoms with E-state index in [-0.39, 0.29) is 23.2 Å². The van der Waals surface area contributed by atoms with Gasteiger partial charge in [-0.15, -0.1) is 0 Å². The van der Waals surface area contributed by atoms with Crippen LogP contribution in [0.2, 0.25) is 0 Å². The highest BCUT2D eigenvalue weighted by Gasteiger charge is 2.13. The SMILES string of the molecule is CCc1ccccc1NC(=O)c1cc(C)nc(Nc2ccccc2F)n1. The summed E-state index contributed by atoms with van der Waals surface area (Å²) < 4.78 is 13.8. The molecular weight excluding hydrogens is 331 g/mol. The first-order chi connectivity index (χ1) is 12.6. The Balaban J connectivity index is 1.85. The largest absolute Gasteiger partial charge is 0.322 e. The highest BCUT2D eigenvalue weighted by atomic mass is 19.1. The van der Waals surface area contributed by atoms with Crippen LogP contribution in [0.25, 0.3) is 0 Å². The quantitative estimate of drug-likeness (QED) is 0.712. The van der Waals surface area contributed by atoms with E-state index in [9.17, 15) is 9.18 Å². The molecule has 3 rings (SSSR count). The van der Waals surface area contributed by atoms with E-state index in [1.165, 1.54) is 6.07 Å². The lowest BCUT2D eigenvalue weighted by molar-refractivity contribution is 0.102. The monoisotopic (exact) mass is 350 g/mol. The number of halogens is 1. The maximum atomic E-state index is 13.8. The highest BCUT2D eigenvalue weighted by Crippen LogP contribution is 2.19. The molecule has 6 heteroatoms. The van der Waals surface area contributed by atoms with Gasteiger partial charge in [-0.05, 0) is 43.2 Å². The van der Waals surface area contributed by atoms with E-state index in [1.54, 1.807) is 31.2 Å². The van der Waals surface area contributed by atoms with Crippen LogP contribution in [-0.4, -0.2) is 15.9 Å². The van der Waals surface area contributed by atoms with Gasteiger partial charge in [-0.25, -0.2) is 14.4 Å². The maximum absolute atomic E-state index is 13.8. The van der Waals surface area contributed by atoms with E-state index in [2.05, 4.69) is 20.6 Å². The Bertz CT molecular complexity index is 943. The number of nitrogens with zero attached hydrogens (tertiary/aromatic N) is 2. The fourth-order valence-electron chi connectivity index (χ4n) is 2.56. The normalized spacial score (nSPS) is 10.4. The Kier molecular flexibility index (Phi) is 5.22. The standard InChI is InChI=1S/C20H19FN4O/c1-3-14-8-4-6-10-16(14)23-19(26)18-12-13(2)22-20(25-18)24-17-11-7-5-9-15(17)21/h4-12H,3H2,1-2H3,(H,23,26)(H,22,24,25). The number of anilines is 3. The van der Waals surface area contributed by atoms with Crippen LogP contribution in [0.4, 0.5) is 21.7 Å². The molecule has 0 aliphatic carbocycles. The number of carbonyl (C=O) groups is 1. The topological polar surface area (TPSA) is 66.9 Å². The number of benzene rings is 2. The molecule has 0 radical (unpaired) electrons. The number of nitrogens with one attached hydrogen (secondary N) is 2. The Morgan fingerprint density at radius 3 is 2.46 bits per heavy atom. The number of aromatic nitrogens is 2. The van der Waals surface area contributed by atoms with Gasteiger partial charge in [-0.2, -0.15) is 0 Å². The molecule has 2 N–H and O–H groups in total. The van der Waals surface area contributed by atoms with Crippen LogP contribution in [0.5, 0.6) is 0 Å². The van der Waals surface area contributed by atoms with E-state index in [0.29, 0.717) is 5.69 Å². The Morgan fingerprint density at radius 1 is 1.04 bits per heavy atom. The molecule has 0 aliphatic heterocycles. The maximum Gasteiger partial charge on any atom is 0.274 e. The zero-order valence-corrected chi connectivity index (χ0v) is 14.6. The Hall–Kier alpha value is -3.28. The molecule has 1 amide bonds. The summed E-state index contributed by atoms with van der Waals surface area (Å²) in [6.45, 7) is 3.78. The summed E-state index contributed by atoms with van der Waals surface area (Å²) >= 11 is 0. The smallest absolute Gasteiger partial charge is 0.274 e. The Labute approximate surface area is 151 Å². The number of aryl methyl sites for hydroxylation is 2. The van der Waals surface area contributed by atoms with Gasteiger partial charge in [0.25, 0.3) is 5.91 Å². The number of para-hydroxylation sites is 2. The molecule has 0 unspecified atom stereocenters. The highest BCUT2D eigenvalue weighted by molar-refractivity contribution is 6.03. The van der Waals surface area contributed by atoms with Gasteiger partial charge in [-0.3, -0.25) is 4.79 Å². The van der Waals surface area contributed by atoms with Gasteiger partial charge in [0, 0.05) is 11.4 Å². The molecule has 1 heterocycles. The van der Waals surface area contributed by atoms with Gasteiger partial charge in [0.15, 0.2) is 0 Å². The van der Waals surface area contributed by atoms with Gasteiger partial charge in [0.1, 0.15) is 11.5 Å². The molecule has 3 aromatic rings. The van der Waals surface area contributed by atoms with Crippen LogP contribution >= 0.6 is 0 Å². The zero-order valence-electron chi connectivity index (χ0n) is 14.6. The van der Waals surface area contributed by atoms with E-state index in [4.69, 9.17) is 0 Å². The average molecular weight is 350 g/mol. The van der Waals surface area contributed by atoms with Crippen LogP contribution in [0.3, 0.4) is 0 Å². The van der Waals surface area contributed by atoms with Gasteiger partial charge < -0.3 is 10.6 Å². The molecule has 0 atom stereocenters. The zero-order chi connectivity index (χ0) is 18.5. The number of hydrogen-bond donors (Lipinski definition) is 2. The lowest BCUT2D eigenvalue weighted by Gasteiger charge is -2.11. The lowest BCUT2D eigenvalue weighted by Crippen LogP contribution is -2.16. The predicted octanol–water partition coefficient (Wildman–Crippen LogP) is 4.48. The molecule has 0 spiro atoms. The molecule has 5 nitrogen and oxygen atoms in total. The first-order valence-electron chi connectivity index (χ1n) is 8.33. The second kappa shape index (κ2) is 7.74. The number of amides is 1. The number of hydrogen-bond acceptors (Lipinski definition) is 4. The molecule has 26 heavy (non-hydrogen) atoms. The molecule has 2 aromatic carbocycles. The minimum absolute atomic E-state index is 0.170. The van der Waals surface area contributed by atoms with Gasteiger partial charge in [0.2, 0.25) is 5.95 Å². The van der Waals surface area contributed by atoms with Crippen molar-refractivity contribution in [3.05, 3.63) is 77.4 Å². The van der Waals surface area contributed by atoms with Gasteiger partial charge in [0.05, 0.1) is 5.69 Å². The van der Waals surface area contributed by atoms with Crippen molar-refractivity contribution < 1.29 is 9.18 Å². The second-order valence-electron chi connectivity index (χ2n) is 5.79. The fourth-order valence-corrected chi connectivity index (χ4v) is 2.56. The second-order valence-corrected chi connectivity index (χ2v) is 5.79. The van der Waals surface area contributed by atoms with Crippen LogP contribution in [0.1, 0.15) is 28.7 Å². The van der Waals surface area contributed by atoms with Crippen molar-refractivity contribution in [1.82, 2.24) is 9.97 Å². The molecule has 0 fully saturated rings. The van der Waals surface area contributed by atoms with Gasteiger partial charge >= 0.3 is 0 Å². The summed E-state index contributed by atoms with van der Waals surface area (Å²) in [6, 6.07) is 15.4. The van der Waals surface area contributed by atoms with Crippen LogP contribution in [0, 0.1) is 12.7 Å². The number of carbonyl (C=O) groups excluding carboxylic acids is 1. The minimum atomic E-state index is -0.416. The van der Waals surface area contributed by atoms with Crippen molar-refractivity contribution in [1.29, 1.82) is 0 Å². The Morgan fingerprint density at radius 2 is 1.73 bits per heavy atom. The van der Waals surface area contributed by atoms with Gasteiger partial charge in [-0.1, -0.05) is 37.3 Å².